The van der Waals surface area contributed by atoms with Gasteiger partial charge in [-0.2, -0.15) is 0 Å². The minimum Gasteiger partial charge on any atom is -0.505 e. The molecule has 3 rings (SSSR count). The Morgan fingerprint density at radius 3 is 2.40 bits per heavy atom. The van der Waals surface area contributed by atoms with Gasteiger partial charge in [0.15, 0.2) is 11.6 Å². The van der Waals surface area contributed by atoms with Crippen molar-refractivity contribution in [1.82, 2.24) is 9.88 Å². The first-order valence-electron chi connectivity index (χ1n) is 8.95. The lowest BCUT2D eigenvalue weighted by molar-refractivity contribution is -0.138. The van der Waals surface area contributed by atoms with E-state index >= 15 is 0 Å². The molecule has 30 heavy (non-hydrogen) atoms. The molecule has 1 heterocycles. The number of phenols is 1. The van der Waals surface area contributed by atoms with Crippen LogP contribution in [0.3, 0.4) is 0 Å². The number of carbonyl (C=O) groups is 3. The van der Waals surface area contributed by atoms with Crippen molar-refractivity contribution in [2.75, 3.05) is 6.54 Å². The maximum absolute atomic E-state index is 14.9. The number of aromatic nitrogens is 1. The minimum absolute atomic E-state index is 0.0761. The van der Waals surface area contributed by atoms with Gasteiger partial charge in [0.25, 0.3) is 5.91 Å². The summed E-state index contributed by atoms with van der Waals surface area (Å²) in [6, 6.07) is 8.66. The Labute approximate surface area is 175 Å². The summed E-state index contributed by atoms with van der Waals surface area (Å²) >= 11 is 5.88. The number of aromatic hydroxyl groups is 1. The van der Waals surface area contributed by atoms with Crippen LogP contribution in [0.4, 0.5) is 4.39 Å². The lowest BCUT2D eigenvalue weighted by Crippen LogP contribution is -2.32. The van der Waals surface area contributed by atoms with Gasteiger partial charge in [0.05, 0.1) is 11.4 Å². The molecule has 2 aromatic carbocycles. The molecular weight excluding hydrogens is 415 g/mol. The third-order valence-corrected chi connectivity index (χ3v) is 5.12. The van der Waals surface area contributed by atoms with Gasteiger partial charge in [-0.25, -0.2) is 4.39 Å². The van der Waals surface area contributed by atoms with E-state index in [9.17, 15) is 23.9 Å². The SMILES string of the molecule is Cc1c([C@@H](C)C(=O)NCC(=O)O)c2c(F)c(O)ccc2n1C(=O)c1ccc(Cl)cc1. The normalized spacial score (nSPS) is 12.0. The van der Waals surface area contributed by atoms with E-state index in [-0.39, 0.29) is 16.5 Å². The summed E-state index contributed by atoms with van der Waals surface area (Å²) in [7, 11) is 0. The van der Waals surface area contributed by atoms with Crippen LogP contribution in [0.1, 0.15) is 34.5 Å². The van der Waals surface area contributed by atoms with Crippen LogP contribution in [0.5, 0.6) is 5.75 Å². The number of phenolic OH excluding ortho intramolecular Hbond substituents is 1. The van der Waals surface area contributed by atoms with Crippen LogP contribution in [0.2, 0.25) is 5.02 Å². The molecule has 0 aliphatic heterocycles. The number of rotatable bonds is 5. The number of hydrogen-bond donors (Lipinski definition) is 3. The molecule has 0 unspecified atom stereocenters. The van der Waals surface area contributed by atoms with Crippen molar-refractivity contribution in [3.63, 3.8) is 0 Å². The van der Waals surface area contributed by atoms with E-state index in [4.69, 9.17) is 16.7 Å². The number of amides is 1. The summed E-state index contributed by atoms with van der Waals surface area (Å²) in [5.74, 6) is -4.92. The van der Waals surface area contributed by atoms with Crippen molar-refractivity contribution in [2.45, 2.75) is 19.8 Å². The number of fused-ring (bicyclic) bond motifs is 1. The molecule has 0 saturated heterocycles. The van der Waals surface area contributed by atoms with E-state index in [0.29, 0.717) is 16.3 Å². The van der Waals surface area contributed by atoms with Crippen molar-refractivity contribution in [3.8, 4) is 5.75 Å². The Morgan fingerprint density at radius 1 is 1.17 bits per heavy atom. The first-order valence-corrected chi connectivity index (χ1v) is 9.33. The number of nitrogens with zero attached hydrogens (tertiary/aromatic N) is 1. The fourth-order valence-corrected chi connectivity index (χ4v) is 3.57. The zero-order valence-electron chi connectivity index (χ0n) is 16.1. The minimum atomic E-state index is -1.23. The number of halogens is 2. The summed E-state index contributed by atoms with van der Waals surface area (Å²) in [6.07, 6.45) is 0. The second kappa shape index (κ2) is 8.16. The summed E-state index contributed by atoms with van der Waals surface area (Å²) in [5.41, 5.74) is 0.953. The number of carboxylic acid groups (broad SMARTS) is 1. The highest BCUT2D eigenvalue weighted by Crippen LogP contribution is 2.37. The predicted octanol–water partition coefficient (Wildman–Crippen LogP) is 3.44. The molecule has 0 aliphatic carbocycles. The average Bonchev–Trinajstić information content (AvgIpc) is 3.00. The molecule has 9 heteroatoms. The van der Waals surface area contributed by atoms with E-state index in [1.165, 1.54) is 29.7 Å². The first-order chi connectivity index (χ1) is 14.1. The van der Waals surface area contributed by atoms with Gasteiger partial charge in [0.1, 0.15) is 6.54 Å². The quantitative estimate of drug-likeness (QED) is 0.572. The monoisotopic (exact) mass is 432 g/mol. The average molecular weight is 433 g/mol. The predicted molar refractivity (Wildman–Crippen MR) is 109 cm³/mol. The molecule has 0 saturated carbocycles. The van der Waals surface area contributed by atoms with Gasteiger partial charge in [0.2, 0.25) is 5.91 Å². The Morgan fingerprint density at radius 2 is 1.80 bits per heavy atom. The number of carbonyl (C=O) groups excluding carboxylic acids is 2. The van der Waals surface area contributed by atoms with E-state index < -0.39 is 41.8 Å². The van der Waals surface area contributed by atoms with Crippen LogP contribution in [0, 0.1) is 12.7 Å². The van der Waals surface area contributed by atoms with Gasteiger partial charge in [-0.05, 0) is 55.8 Å². The molecule has 1 atom stereocenters. The van der Waals surface area contributed by atoms with Gasteiger partial charge < -0.3 is 15.5 Å². The Bertz CT molecular complexity index is 1170. The second-order valence-corrected chi connectivity index (χ2v) is 7.21. The Hall–Kier alpha value is -3.39. The van der Waals surface area contributed by atoms with Crippen molar-refractivity contribution < 1.29 is 29.0 Å². The molecule has 7 nitrogen and oxygen atoms in total. The molecular formula is C21H18ClFN2O5. The smallest absolute Gasteiger partial charge is 0.322 e. The van der Waals surface area contributed by atoms with Crippen LogP contribution >= 0.6 is 11.6 Å². The van der Waals surface area contributed by atoms with Crippen molar-refractivity contribution >= 4 is 40.3 Å². The number of hydrogen-bond acceptors (Lipinski definition) is 4. The van der Waals surface area contributed by atoms with E-state index in [0.717, 1.165) is 6.07 Å². The van der Waals surface area contributed by atoms with Crippen LogP contribution in [0.25, 0.3) is 10.9 Å². The third kappa shape index (κ3) is 3.73. The largest absolute Gasteiger partial charge is 0.505 e. The van der Waals surface area contributed by atoms with Gasteiger partial charge >= 0.3 is 5.97 Å². The van der Waals surface area contributed by atoms with Gasteiger partial charge in [-0.3, -0.25) is 19.0 Å². The van der Waals surface area contributed by atoms with E-state index in [2.05, 4.69) is 5.32 Å². The molecule has 3 aromatic rings. The molecule has 1 aromatic heterocycles. The maximum atomic E-state index is 14.9. The topological polar surface area (TPSA) is 109 Å². The molecule has 0 fully saturated rings. The van der Waals surface area contributed by atoms with Crippen molar-refractivity contribution in [1.29, 1.82) is 0 Å². The number of benzene rings is 2. The van der Waals surface area contributed by atoms with Crippen LogP contribution in [-0.4, -0.2) is 39.1 Å². The molecule has 0 radical (unpaired) electrons. The Balaban J connectivity index is 2.20. The standard InChI is InChI=1S/C21H18ClFN2O5/c1-10(20(29)24-9-16(27)28)17-11(2)25(14-7-8-15(26)19(23)18(14)17)21(30)12-3-5-13(22)6-4-12/h3-8,10,26H,9H2,1-2H3,(H,24,29)(H,27,28)/t10-/m1/s1. The fourth-order valence-electron chi connectivity index (χ4n) is 3.44. The first kappa shape index (κ1) is 21.3. The van der Waals surface area contributed by atoms with Gasteiger partial charge in [-0.1, -0.05) is 11.6 Å². The fraction of sp³-hybridized carbons (Fsp3) is 0.190. The third-order valence-electron chi connectivity index (χ3n) is 4.87. The van der Waals surface area contributed by atoms with Crippen molar-refractivity contribution in [2.24, 2.45) is 0 Å². The molecule has 156 valence electrons. The van der Waals surface area contributed by atoms with Crippen LogP contribution in [0.15, 0.2) is 36.4 Å². The second-order valence-electron chi connectivity index (χ2n) is 6.77. The van der Waals surface area contributed by atoms with Crippen LogP contribution in [-0.2, 0) is 9.59 Å². The summed E-state index contributed by atoms with van der Waals surface area (Å²) in [5, 5.41) is 21.3. The highest BCUT2D eigenvalue weighted by atomic mass is 35.5. The number of aliphatic carboxylic acids is 1. The zero-order valence-corrected chi connectivity index (χ0v) is 16.8. The lowest BCUT2D eigenvalue weighted by Gasteiger charge is -2.13. The van der Waals surface area contributed by atoms with E-state index in [1.54, 1.807) is 19.1 Å². The summed E-state index contributed by atoms with van der Waals surface area (Å²) in [4.78, 5) is 36.4. The molecule has 0 bridgehead atoms. The molecule has 1 amide bonds. The number of carboxylic acids is 1. The van der Waals surface area contributed by atoms with E-state index in [1.807, 2.05) is 0 Å². The maximum Gasteiger partial charge on any atom is 0.322 e. The molecule has 0 aliphatic rings. The van der Waals surface area contributed by atoms with Crippen LogP contribution < -0.4 is 5.32 Å². The highest BCUT2D eigenvalue weighted by Gasteiger charge is 2.29. The summed E-state index contributed by atoms with van der Waals surface area (Å²) in [6.45, 7) is 2.43. The van der Waals surface area contributed by atoms with Gasteiger partial charge in [-0.15, -0.1) is 0 Å². The molecule has 3 N–H and O–H groups in total. The highest BCUT2D eigenvalue weighted by molar-refractivity contribution is 6.30. The number of nitrogens with one attached hydrogen (secondary N) is 1. The van der Waals surface area contributed by atoms with Gasteiger partial charge in [0, 0.05) is 21.7 Å². The zero-order chi connectivity index (χ0) is 22.2. The lowest BCUT2D eigenvalue weighted by atomic mass is 9.96. The summed E-state index contributed by atoms with van der Waals surface area (Å²) < 4.78 is 16.2. The Kier molecular flexibility index (Phi) is 5.80. The van der Waals surface area contributed by atoms with Crippen molar-refractivity contribution in [3.05, 3.63) is 64.1 Å². The molecule has 0 spiro atoms.